The van der Waals surface area contributed by atoms with Gasteiger partial charge in [0.1, 0.15) is 17.8 Å². The number of pyridine rings is 1. The first-order valence-corrected chi connectivity index (χ1v) is 10.2. The predicted molar refractivity (Wildman–Crippen MR) is 116 cm³/mol. The first kappa shape index (κ1) is 19.0. The highest BCUT2D eigenvalue weighted by Crippen LogP contribution is 2.26. The number of carbonyl (C=O) groups is 2. The minimum atomic E-state index is -0.162. The van der Waals surface area contributed by atoms with E-state index < -0.39 is 0 Å². The number of aryl methyl sites for hydroxylation is 1. The van der Waals surface area contributed by atoms with Gasteiger partial charge in [0.15, 0.2) is 0 Å². The maximum atomic E-state index is 12.5. The minimum absolute atomic E-state index is 0.0494. The number of fused-ring (bicyclic) bond motifs is 1. The molecule has 8 nitrogen and oxygen atoms in total. The number of nitrogens with one attached hydrogen (secondary N) is 2. The largest absolute Gasteiger partial charge is 0.355 e. The van der Waals surface area contributed by atoms with Gasteiger partial charge in [-0.05, 0) is 49.6 Å². The first-order chi connectivity index (χ1) is 15.0. The van der Waals surface area contributed by atoms with Crippen molar-refractivity contribution >= 4 is 17.5 Å². The van der Waals surface area contributed by atoms with Crippen LogP contribution in [-0.2, 0) is 0 Å². The van der Waals surface area contributed by atoms with Crippen molar-refractivity contribution in [3.63, 3.8) is 0 Å². The third-order valence-corrected chi connectivity index (χ3v) is 5.51. The Morgan fingerprint density at radius 3 is 2.61 bits per heavy atom. The number of hydrogen-bond donors (Lipinski definition) is 2. The number of carbonyl (C=O) groups excluding carboxylic acids is 2. The van der Waals surface area contributed by atoms with Gasteiger partial charge in [-0.1, -0.05) is 6.07 Å². The molecule has 2 amide bonds. The number of benzene rings is 1. The molecule has 1 saturated carbocycles. The van der Waals surface area contributed by atoms with E-state index in [0.29, 0.717) is 17.2 Å². The van der Waals surface area contributed by atoms with E-state index in [1.807, 2.05) is 40.3 Å². The number of nitrogens with zero attached hydrogens (tertiary/aromatic N) is 4. The van der Waals surface area contributed by atoms with E-state index in [0.717, 1.165) is 41.1 Å². The van der Waals surface area contributed by atoms with Crippen LogP contribution in [0.1, 0.15) is 39.1 Å². The van der Waals surface area contributed by atoms with Crippen LogP contribution in [0, 0.1) is 6.92 Å². The molecule has 156 valence electrons. The number of hydrogen-bond acceptors (Lipinski definition) is 4. The van der Waals surface area contributed by atoms with Gasteiger partial charge in [-0.15, -0.1) is 0 Å². The summed E-state index contributed by atoms with van der Waals surface area (Å²) in [4.78, 5) is 33.5. The first-order valence-electron chi connectivity index (χ1n) is 10.2. The van der Waals surface area contributed by atoms with E-state index in [4.69, 9.17) is 0 Å². The second kappa shape index (κ2) is 7.39. The van der Waals surface area contributed by atoms with Gasteiger partial charge < -0.3 is 10.6 Å². The summed E-state index contributed by atoms with van der Waals surface area (Å²) < 4.78 is 3.71. The van der Waals surface area contributed by atoms with Crippen LogP contribution in [0.4, 0.5) is 0 Å². The SMILES string of the molecule is CNC(=O)c1ccc2ncc(-n3cnc(-c4cc(C(=O)NC5CC5)ccc4C)c3)n2c1. The van der Waals surface area contributed by atoms with Crippen LogP contribution in [-0.4, -0.2) is 43.8 Å². The summed E-state index contributed by atoms with van der Waals surface area (Å²) in [5.41, 5.74) is 4.60. The lowest BCUT2D eigenvalue weighted by atomic mass is 10.0. The van der Waals surface area contributed by atoms with Gasteiger partial charge in [-0.25, -0.2) is 9.97 Å². The third-order valence-electron chi connectivity index (χ3n) is 5.51. The van der Waals surface area contributed by atoms with Crippen molar-refractivity contribution in [2.24, 2.45) is 0 Å². The van der Waals surface area contributed by atoms with Gasteiger partial charge in [0.05, 0.1) is 17.5 Å². The van der Waals surface area contributed by atoms with Crippen molar-refractivity contribution in [3.8, 4) is 17.1 Å². The second-order valence-electron chi connectivity index (χ2n) is 7.79. The zero-order valence-corrected chi connectivity index (χ0v) is 17.3. The van der Waals surface area contributed by atoms with Crippen molar-refractivity contribution in [2.75, 3.05) is 7.05 Å². The molecule has 0 saturated heterocycles. The Morgan fingerprint density at radius 1 is 1.03 bits per heavy atom. The average Bonchev–Trinajstić information content (AvgIpc) is 3.30. The van der Waals surface area contributed by atoms with Gasteiger partial charge in [-0.2, -0.15) is 0 Å². The van der Waals surface area contributed by atoms with Gasteiger partial charge in [0.25, 0.3) is 11.8 Å². The maximum absolute atomic E-state index is 12.5. The van der Waals surface area contributed by atoms with Crippen molar-refractivity contribution in [1.82, 2.24) is 29.6 Å². The minimum Gasteiger partial charge on any atom is -0.355 e. The number of amides is 2. The Balaban J connectivity index is 1.50. The monoisotopic (exact) mass is 414 g/mol. The third kappa shape index (κ3) is 3.56. The lowest BCUT2D eigenvalue weighted by Crippen LogP contribution is -2.25. The Hall–Kier alpha value is -3.94. The Bertz CT molecular complexity index is 1310. The lowest BCUT2D eigenvalue weighted by molar-refractivity contribution is 0.0947. The van der Waals surface area contributed by atoms with Crippen molar-refractivity contribution in [3.05, 3.63) is 71.9 Å². The molecule has 8 heteroatoms. The van der Waals surface area contributed by atoms with E-state index in [9.17, 15) is 9.59 Å². The van der Waals surface area contributed by atoms with E-state index in [1.165, 1.54) is 0 Å². The molecule has 1 aliphatic rings. The van der Waals surface area contributed by atoms with Gasteiger partial charge in [0.2, 0.25) is 0 Å². The molecule has 0 bridgehead atoms. The van der Waals surface area contributed by atoms with Crippen LogP contribution in [0.2, 0.25) is 0 Å². The molecular formula is C23H22N6O2. The second-order valence-corrected chi connectivity index (χ2v) is 7.79. The van der Waals surface area contributed by atoms with Crippen molar-refractivity contribution in [2.45, 2.75) is 25.8 Å². The lowest BCUT2D eigenvalue weighted by Gasteiger charge is -2.08. The standard InChI is InChI=1S/C23H22N6O2/c1-14-3-4-15(23(31)27-17-6-7-17)9-18(14)19-12-28(13-26-19)21-10-25-20-8-5-16(11-29(20)21)22(30)24-2/h3-5,8-13,17H,6-7H2,1-2H3,(H,24,30)(H,27,31). The quantitative estimate of drug-likeness (QED) is 0.525. The molecule has 1 fully saturated rings. The van der Waals surface area contributed by atoms with E-state index >= 15 is 0 Å². The van der Waals surface area contributed by atoms with Crippen LogP contribution >= 0.6 is 0 Å². The highest BCUT2D eigenvalue weighted by molar-refractivity contribution is 5.96. The van der Waals surface area contributed by atoms with E-state index in [-0.39, 0.29) is 11.8 Å². The van der Waals surface area contributed by atoms with Crippen molar-refractivity contribution < 1.29 is 9.59 Å². The molecule has 5 rings (SSSR count). The summed E-state index contributed by atoms with van der Waals surface area (Å²) in [7, 11) is 1.60. The number of rotatable bonds is 5. The highest BCUT2D eigenvalue weighted by Gasteiger charge is 2.24. The molecule has 0 aliphatic heterocycles. The molecular weight excluding hydrogens is 392 g/mol. The van der Waals surface area contributed by atoms with Crippen LogP contribution in [0.25, 0.3) is 22.7 Å². The summed E-state index contributed by atoms with van der Waals surface area (Å²) in [6, 6.07) is 9.53. The Kier molecular flexibility index (Phi) is 4.54. The topological polar surface area (TPSA) is 93.3 Å². The molecule has 31 heavy (non-hydrogen) atoms. The molecule has 1 aromatic carbocycles. The number of imidazole rings is 2. The molecule has 0 unspecified atom stereocenters. The molecule has 0 radical (unpaired) electrons. The fourth-order valence-electron chi connectivity index (χ4n) is 3.56. The zero-order valence-electron chi connectivity index (χ0n) is 17.3. The molecule has 3 aromatic heterocycles. The summed E-state index contributed by atoms with van der Waals surface area (Å²) in [6.45, 7) is 2.00. The maximum Gasteiger partial charge on any atom is 0.252 e. The van der Waals surface area contributed by atoms with Crippen molar-refractivity contribution in [1.29, 1.82) is 0 Å². The molecule has 0 spiro atoms. The Labute approximate surface area is 178 Å². The zero-order chi connectivity index (χ0) is 21.5. The highest BCUT2D eigenvalue weighted by atomic mass is 16.2. The molecule has 0 atom stereocenters. The Morgan fingerprint density at radius 2 is 1.84 bits per heavy atom. The summed E-state index contributed by atoms with van der Waals surface area (Å²) >= 11 is 0. The fraction of sp³-hybridized carbons (Fsp3) is 0.217. The normalized spacial score (nSPS) is 13.4. The fourth-order valence-corrected chi connectivity index (χ4v) is 3.56. The predicted octanol–water partition coefficient (Wildman–Crippen LogP) is 2.75. The summed E-state index contributed by atoms with van der Waals surface area (Å²) in [6.07, 6.45) is 9.21. The van der Waals surface area contributed by atoms with Crippen LogP contribution in [0.3, 0.4) is 0 Å². The summed E-state index contributed by atoms with van der Waals surface area (Å²) in [5, 5.41) is 5.66. The average molecular weight is 414 g/mol. The van der Waals surface area contributed by atoms with E-state index in [1.54, 1.807) is 37.9 Å². The molecule has 2 N–H and O–H groups in total. The molecule has 3 heterocycles. The smallest absolute Gasteiger partial charge is 0.252 e. The molecule has 1 aliphatic carbocycles. The van der Waals surface area contributed by atoms with Gasteiger partial charge in [0, 0.05) is 36.6 Å². The van der Waals surface area contributed by atoms with Gasteiger partial charge >= 0.3 is 0 Å². The van der Waals surface area contributed by atoms with Gasteiger partial charge in [-0.3, -0.25) is 18.6 Å². The molecule has 4 aromatic rings. The van der Waals surface area contributed by atoms with E-state index in [2.05, 4.69) is 20.6 Å². The van der Waals surface area contributed by atoms with Crippen LogP contribution < -0.4 is 10.6 Å². The number of aromatic nitrogens is 4. The van der Waals surface area contributed by atoms with Crippen LogP contribution in [0.15, 0.2) is 55.2 Å². The summed E-state index contributed by atoms with van der Waals surface area (Å²) in [5.74, 6) is 0.552. The van der Waals surface area contributed by atoms with Crippen LogP contribution in [0.5, 0.6) is 0 Å².